The van der Waals surface area contributed by atoms with Crippen LogP contribution >= 0.6 is 0 Å². The third-order valence-corrected chi connectivity index (χ3v) is 5.39. The van der Waals surface area contributed by atoms with Gasteiger partial charge in [-0.1, -0.05) is 18.6 Å². The summed E-state index contributed by atoms with van der Waals surface area (Å²) in [6.45, 7) is 9.99. The van der Waals surface area contributed by atoms with E-state index in [1.54, 1.807) is 0 Å². The lowest BCUT2D eigenvalue weighted by atomic mass is 9.98. The van der Waals surface area contributed by atoms with Gasteiger partial charge in [-0.3, -0.25) is 4.90 Å². The van der Waals surface area contributed by atoms with Crippen LogP contribution in [0.25, 0.3) is 0 Å². The number of piperidine rings is 1. The van der Waals surface area contributed by atoms with E-state index in [9.17, 15) is 4.79 Å². The molecule has 0 saturated carbocycles. The molecule has 2 aliphatic rings. The summed E-state index contributed by atoms with van der Waals surface area (Å²) in [6.07, 6.45) is 4.93. The second-order valence-electron chi connectivity index (χ2n) is 8.76. The number of rotatable bonds is 4. The Labute approximate surface area is 158 Å². The smallest absolute Gasteiger partial charge is 0.315 e. The first-order valence-electron chi connectivity index (χ1n) is 9.97. The molecule has 0 aliphatic carbocycles. The van der Waals surface area contributed by atoms with Gasteiger partial charge < -0.3 is 15.5 Å². The minimum atomic E-state index is -0.219. The molecular weight excluding hydrogens is 324 g/mol. The lowest BCUT2D eigenvalue weighted by Gasteiger charge is -2.35. The maximum atomic E-state index is 12.3. The lowest BCUT2D eigenvalue weighted by Crippen LogP contribution is -2.49. The molecule has 1 aromatic carbocycles. The summed E-state index contributed by atoms with van der Waals surface area (Å²) < 4.78 is 0. The fraction of sp³-hybridized carbons (Fsp3) is 0.667. The van der Waals surface area contributed by atoms with Gasteiger partial charge in [0, 0.05) is 31.4 Å². The molecule has 2 heterocycles. The minimum absolute atomic E-state index is 0.0830. The fourth-order valence-electron chi connectivity index (χ4n) is 4.06. The molecular formula is C21H34N4O. The van der Waals surface area contributed by atoms with Crippen LogP contribution in [0.2, 0.25) is 0 Å². The van der Waals surface area contributed by atoms with E-state index in [-0.39, 0.29) is 17.6 Å². The van der Waals surface area contributed by atoms with Gasteiger partial charge in [0.2, 0.25) is 0 Å². The van der Waals surface area contributed by atoms with Crippen LogP contribution in [-0.2, 0) is 6.42 Å². The standard InChI is InChI=1S/C21H34N4O/c1-21(2,3)23-20(26)22-15-19(25-11-6-5-7-12-25)16-8-9-18-17(14-16)10-13-24(18)4/h8-9,14,19H,5-7,10-13,15H2,1-4H3,(H2,22,23,26)/t19-/m1/s1. The molecule has 0 spiro atoms. The Morgan fingerprint density at radius 3 is 2.58 bits per heavy atom. The average Bonchev–Trinajstić information content (AvgIpc) is 2.95. The first-order chi connectivity index (χ1) is 12.3. The summed E-state index contributed by atoms with van der Waals surface area (Å²) in [5, 5.41) is 6.11. The van der Waals surface area contributed by atoms with Crippen molar-refractivity contribution in [3.05, 3.63) is 29.3 Å². The van der Waals surface area contributed by atoms with Crippen molar-refractivity contribution in [2.24, 2.45) is 0 Å². The molecule has 144 valence electrons. The van der Waals surface area contributed by atoms with Crippen molar-refractivity contribution in [2.75, 3.05) is 38.1 Å². The molecule has 5 nitrogen and oxygen atoms in total. The highest BCUT2D eigenvalue weighted by molar-refractivity contribution is 5.74. The van der Waals surface area contributed by atoms with E-state index in [0.29, 0.717) is 6.54 Å². The van der Waals surface area contributed by atoms with Gasteiger partial charge in [0.1, 0.15) is 0 Å². The number of likely N-dealkylation sites (N-methyl/N-ethyl adjacent to an activating group) is 1. The molecule has 0 unspecified atom stereocenters. The third kappa shape index (κ3) is 4.70. The zero-order valence-electron chi connectivity index (χ0n) is 16.8. The Morgan fingerprint density at radius 2 is 1.88 bits per heavy atom. The Kier molecular flexibility index (Phi) is 5.76. The number of nitrogens with one attached hydrogen (secondary N) is 2. The van der Waals surface area contributed by atoms with Gasteiger partial charge in [-0.25, -0.2) is 4.79 Å². The molecule has 1 atom stereocenters. The first kappa shape index (κ1) is 19.0. The summed E-state index contributed by atoms with van der Waals surface area (Å²) in [6, 6.07) is 7.03. The molecule has 2 amide bonds. The number of urea groups is 1. The number of benzene rings is 1. The third-order valence-electron chi connectivity index (χ3n) is 5.39. The van der Waals surface area contributed by atoms with Crippen LogP contribution in [0.15, 0.2) is 18.2 Å². The molecule has 2 aliphatic heterocycles. The van der Waals surface area contributed by atoms with Crippen LogP contribution in [0.4, 0.5) is 10.5 Å². The van der Waals surface area contributed by atoms with Gasteiger partial charge in [0.25, 0.3) is 0 Å². The number of hydrogen-bond donors (Lipinski definition) is 2. The lowest BCUT2D eigenvalue weighted by molar-refractivity contribution is 0.159. The highest BCUT2D eigenvalue weighted by atomic mass is 16.2. The highest BCUT2D eigenvalue weighted by Crippen LogP contribution is 2.32. The molecule has 3 rings (SSSR count). The Hall–Kier alpha value is -1.75. The van der Waals surface area contributed by atoms with Gasteiger partial charge in [0.05, 0.1) is 6.04 Å². The molecule has 1 aromatic rings. The number of hydrogen-bond acceptors (Lipinski definition) is 3. The van der Waals surface area contributed by atoms with Crippen LogP contribution in [0.3, 0.4) is 0 Å². The van der Waals surface area contributed by atoms with E-state index in [4.69, 9.17) is 0 Å². The minimum Gasteiger partial charge on any atom is -0.374 e. The van der Waals surface area contributed by atoms with Crippen LogP contribution in [-0.4, -0.2) is 49.7 Å². The second kappa shape index (κ2) is 7.87. The maximum absolute atomic E-state index is 12.3. The largest absolute Gasteiger partial charge is 0.374 e. The van der Waals surface area contributed by atoms with Crippen molar-refractivity contribution in [3.63, 3.8) is 0 Å². The highest BCUT2D eigenvalue weighted by Gasteiger charge is 2.25. The first-order valence-corrected chi connectivity index (χ1v) is 9.97. The quantitative estimate of drug-likeness (QED) is 0.868. The van der Waals surface area contributed by atoms with E-state index in [2.05, 4.69) is 45.7 Å². The Bertz CT molecular complexity index is 631. The monoisotopic (exact) mass is 358 g/mol. The van der Waals surface area contributed by atoms with Crippen molar-refractivity contribution in [1.82, 2.24) is 15.5 Å². The SMILES string of the molecule is CN1CCc2cc([C@@H](CNC(=O)NC(C)(C)C)N3CCCCC3)ccc21. The zero-order valence-corrected chi connectivity index (χ0v) is 16.8. The van der Waals surface area contributed by atoms with Gasteiger partial charge in [-0.15, -0.1) is 0 Å². The Balaban J connectivity index is 1.74. The van der Waals surface area contributed by atoms with E-state index < -0.39 is 0 Å². The topological polar surface area (TPSA) is 47.6 Å². The van der Waals surface area contributed by atoms with Crippen molar-refractivity contribution in [1.29, 1.82) is 0 Å². The van der Waals surface area contributed by atoms with Gasteiger partial charge in [-0.05, 0) is 70.3 Å². The van der Waals surface area contributed by atoms with Gasteiger partial charge in [0.15, 0.2) is 0 Å². The maximum Gasteiger partial charge on any atom is 0.315 e. The predicted molar refractivity (Wildman–Crippen MR) is 108 cm³/mol. The van der Waals surface area contributed by atoms with E-state index in [1.165, 1.54) is 36.1 Å². The summed E-state index contributed by atoms with van der Waals surface area (Å²) in [7, 11) is 2.16. The second-order valence-corrected chi connectivity index (χ2v) is 8.76. The van der Waals surface area contributed by atoms with Gasteiger partial charge >= 0.3 is 6.03 Å². The molecule has 0 aromatic heterocycles. The average molecular weight is 359 g/mol. The zero-order chi connectivity index (χ0) is 18.7. The number of anilines is 1. The fourth-order valence-corrected chi connectivity index (χ4v) is 4.06. The van der Waals surface area contributed by atoms with Crippen molar-refractivity contribution >= 4 is 11.7 Å². The number of likely N-dealkylation sites (tertiary alicyclic amines) is 1. The predicted octanol–water partition coefficient (Wildman–Crippen LogP) is 3.30. The van der Waals surface area contributed by atoms with Crippen molar-refractivity contribution < 1.29 is 4.79 Å². The summed E-state index contributed by atoms with van der Waals surface area (Å²) in [5.41, 5.74) is 3.90. The van der Waals surface area contributed by atoms with Crippen LogP contribution < -0.4 is 15.5 Å². The molecule has 2 N–H and O–H groups in total. The molecule has 1 saturated heterocycles. The van der Waals surface area contributed by atoms with Crippen LogP contribution in [0.1, 0.15) is 57.2 Å². The van der Waals surface area contributed by atoms with E-state index in [1.807, 2.05) is 20.8 Å². The number of amides is 2. The summed E-state index contributed by atoms with van der Waals surface area (Å²) in [4.78, 5) is 17.1. The summed E-state index contributed by atoms with van der Waals surface area (Å²) >= 11 is 0. The number of carbonyl (C=O) groups is 1. The molecule has 0 bridgehead atoms. The summed E-state index contributed by atoms with van der Waals surface area (Å²) in [5.74, 6) is 0. The molecule has 0 radical (unpaired) electrons. The van der Waals surface area contributed by atoms with Crippen molar-refractivity contribution in [2.45, 2.75) is 58.0 Å². The number of nitrogens with zero attached hydrogens (tertiary/aromatic N) is 2. The normalized spacial score (nSPS) is 19.2. The van der Waals surface area contributed by atoms with E-state index >= 15 is 0 Å². The molecule has 1 fully saturated rings. The number of fused-ring (bicyclic) bond motifs is 1. The molecule has 5 heteroatoms. The van der Waals surface area contributed by atoms with Crippen LogP contribution in [0.5, 0.6) is 0 Å². The van der Waals surface area contributed by atoms with E-state index in [0.717, 1.165) is 26.1 Å². The number of carbonyl (C=O) groups excluding carboxylic acids is 1. The van der Waals surface area contributed by atoms with Crippen molar-refractivity contribution in [3.8, 4) is 0 Å². The van der Waals surface area contributed by atoms with Crippen LogP contribution in [0, 0.1) is 0 Å². The van der Waals surface area contributed by atoms with Gasteiger partial charge in [-0.2, -0.15) is 0 Å². The molecule has 26 heavy (non-hydrogen) atoms. The Morgan fingerprint density at radius 1 is 1.15 bits per heavy atom.